The number of ether oxygens (including phenoxy) is 2. The van der Waals surface area contributed by atoms with E-state index in [2.05, 4.69) is 16.1 Å². The van der Waals surface area contributed by atoms with Crippen LogP contribution in [0.3, 0.4) is 0 Å². The number of carbonyl (C=O) groups is 1. The third-order valence-corrected chi connectivity index (χ3v) is 5.74. The number of fused-ring (bicyclic) bond motifs is 1. The van der Waals surface area contributed by atoms with Gasteiger partial charge in [0.1, 0.15) is 6.54 Å². The molecule has 0 bridgehead atoms. The first kappa shape index (κ1) is 18.2. The highest BCUT2D eigenvalue weighted by atomic mass is 16.7. The molecule has 0 N–H and O–H groups in total. The number of carbonyl (C=O) groups excluding carboxylic acids is 1. The first-order valence-corrected chi connectivity index (χ1v) is 10.1. The fraction of sp³-hybridized carbons (Fsp3) is 0.476. The third-order valence-electron chi connectivity index (χ3n) is 5.74. The van der Waals surface area contributed by atoms with Crippen LogP contribution >= 0.6 is 0 Å². The molecule has 1 saturated carbocycles. The van der Waals surface area contributed by atoms with Crippen molar-refractivity contribution in [2.24, 2.45) is 0 Å². The molecule has 0 unspecified atom stereocenters. The molecular weight excluding hydrogens is 372 g/mol. The summed E-state index contributed by atoms with van der Waals surface area (Å²) >= 11 is 0. The Bertz CT molecular complexity index is 977. The highest BCUT2D eigenvalue weighted by Gasteiger charge is 2.27. The molecule has 2 aromatic rings. The van der Waals surface area contributed by atoms with Gasteiger partial charge in [0, 0.05) is 44.7 Å². The smallest absolute Gasteiger partial charge is 0.267 e. The number of benzene rings is 1. The Hall–Kier alpha value is -2.87. The van der Waals surface area contributed by atoms with Gasteiger partial charge in [-0.15, -0.1) is 0 Å². The first-order chi connectivity index (χ1) is 14.2. The summed E-state index contributed by atoms with van der Waals surface area (Å²) in [5, 5.41) is 4.39. The molecule has 152 valence electrons. The van der Waals surface area contributed by atoms with E-state index in [-0.39, 0.29) is 24.8 Å². The predicted octanol–water partition coefficient (Wildman–Crippen LogP) is 1.19. The van der Waals surface area contributed by atoms with E-state index in [9.17, 15) is 9.59 Å². The lowest BCUT2D eigenvalue weighted by Crippen LogP contribution is -2.49. The van der Waals surface area contributed by atoms with E-state index in [1.165, 1.54) is 16.3 Å². The van der Waals surface area contributed by atoms with Crippen LogP contribution in [-0.4, -0.2) is 58.5 Å². The van der Waals surface area contributed by atoms with Crippen LogP contribution in [0.1, 0.15) is 30.0 Å². The molecule has 2 fully saturated rings. The molecule has 0 atom stereocenters. The van der Waals surface area contributed by atoms with Crippen molar-refractivity contribution in [2.75, 3.05) is 33.0 Å². The Morgan fingerprint density at radius 3 is 2.62 bits per heavy atom. The van der Waals surface area contributed by atoms with Gasteiger partial charge in [0.05, 0.1) is 5.69 Å². The molecule has 5 rings (SSSR count). The van der Waals surface area contributed by atoms with Gasteiger partial charge in [0.2, 0.25) is 12.7 Å². The van der Waals surface area contributed by atoms with Crippen molar-refractivity contribution in [2.45, 2.75) is 31.8 Å². The maximum atomic E-state index is 12.7. The van der Waals surface area contributed by atoms with E-state index in [1.54, 1.807) is 6.07 Å². The predicted molar refractivity (Wildman–Crippen MR) is 105 cm³/mol. The summed E-state index contributed by atoms with van der Waals surface area (Å²) in [6, 6.07) is 9.33. The zero-order valence-electron chi connectivity index (χ0n) is 16.2. The topological polar surface area (TPSA) is 76.9 Å². The Labute approximate surface area is 168 Å². The molecule has 3 heterocycles. The van der Waals surface area contributed by atoms with Crippen molar-refractivity contribution in [3.63, 3.8) is 0 Å². The van der Waals surface area contributed by atoms with Crippen molar-refractivity contribution in [3.8, 4) is 11.5 Å². The molecule has 1 aromatic heterocycles. The Morgan fingerprint density at radius 2 is 1.83 bits per heavy atom. The van der Waals surface area contributed by atoms with Crippen molar-refractivity contribution in [1.82, 2.24) is 19.6 Å². The van der Waals surface area contributed by atoms with E-state index in [0.717, 1.165) is 49.7 Å². The van der Waals surface area contributed by atoms with Gasteiger partial charge in [0.25, 0.3) is 5.56 Å². The SMILES string of the molecule is O=C(Cn1nc(C2CC2)ccc1=O)N1CCN(Cc2ccc3c(c2)OCO3)CC1. The fourth-order valence-electron chi connectivity index (χ4n) is 3.86. The van der Waals surface area contributed by atoms with Gasteiger partial charge in [0.15, 0.2) is 11.5 Å². The van der Waals surface area contributed by atoms with E-state index >= 15 is 0 Å². The summed E-state index contributed by atoms with van der Waals surface area (Å²) in [5.41, 5.74) is 1.87. The number of hydrogen-bond donors (Lipinski definition) is 0. The maximum Gasteiger partial charge on any atom is 0.267 e. The van der Waals surface area contributed by atoms with E-state index < -0.39 is 0 Å². The molecular formula is C21H24N4O4. The molecule has 8 nitrogen and oxygen atoms in total. The highest BCUT2D eigenvalue weighted by molar-refractivity contribution is 5.76. The van der Waals surface area contributed by atoms with Gasteiger partial charge in [-0.2, -0.15) is 5.10 Å². The minimum atomic E-state index is -0.218. The molecule has 0 radical (unpaired) electrons. The zero-order valence-corrected chi connectivity index (χ0v) is 16.2. The second-order valence-electron chi connectivity index (χ2n) is 7.87. The van der Waals surface area contributed by atoms with E-state index in [0.29, 0.717) is 19.0 Å². The van der Waals surface area contributed by atoms with Crippen molar-refractivity contribution < 1.29 is 14.3 Å². The van der Waals surface area contributed by atoms with Crippen LogP contribution in [0.4, 0.5) is 0 Å². The average molecular weight is 396 g/mol. The van der Waals surface area contributed by atoms with Crippen LogP contribution in [-0.2, 0) is 17.9 Å². The lowest BCUT2D eigenvalue weighted by Gasteiger charge is -2.34. The van der Waals surface area contributed by atoms with Crippen LogP contribution in [0.25, 0.3) is 0 Å². The second kappa shape index (κ2) is 7.51. The van der Waals surface area contributed by atoms with Crippen LogP contribution in [0, 0.1) is 0 Å². The van der Waals surface area contributed by atoms with Crippen LogP contribution in [0.15, 0.2) is 35.1 Å². The molecule has 29 heavy (non-hydrogen) atoms. The van der Waals surface area contributed by atoms with Crippen molar-refractivity contribution >= 4 is 5.91 Å². The van der Waals surface area contributed by atoms with Gasteiger partial charge in [-0.3, -0.25) is 14.5 Å². The minimum absolute atomic E-state index is 0.0154. The maximum absolute atomic E-state index is 12.7. The molecule has 1 aliphatic carbocycles. The van der Waals surface area contributed by atoms with Crippen molar-refractivity contribution in [3.05, 3.63) is 51.9 Å². The summed E-state index contributed by atoms with van der Waals surface area (Å²) < 4.78 is 12.1. The van der Waals surface area contributed by atoms with Crippen LogP contribution < -0.4 is 15.0 Å². The lowest BCUT2D eigenvalue weighted by atomic mass is 10.1. The average Bonchev–Trinajstić information content (AvgIpc) is 3.48. The number of rotatable bonds is 5. The molecule has 2 aliphatic heterocycles. The highest BCUT2D eigenvalue weighted by Crippen LogP contribution is 2.38. The standard InChI is InChI=1S/C21H24N4O4/c26-20-6-4-17(16-2-3-16)22-25(20)13-21(27)24-9-7-23(8-10-24)12-15-1-5-18-19(11-15)29-14-28-18/h1,4-6,11,16H,2-3,7-10,12-14H2. The normalized spacial score (nSPS) is 18.8. The van der Waals surface area contributed by atoms with Crippen LogP contribution in [0.5, 0.6) is 11.5 Å². The quantitative estimate of drug-likeness (QED) is 0.756. The summed E-state index contributed by atoms with van der Waals surface area (Å²) in [6.07, 6.45) is 2.23. The molecule has 1 amide bonds. The molecule has 1 saturated heterocycles. The van der Waals surface area contributed by atoms with Gasteiger partial charge < -0.3 is 14.4 Å². The van der Waals surface area contributed by atoms with E-state index in [4.69, 9.17) is 9.47 Å². The molecule has 3 aliphatic rings. The van der Waals surface area contributed by atoms with Gasteiger partial charge in [-0.25, -0.2) is 4.68 Å². The van der Waals surface area contributed by atoms with Gasteiger partial charge >= 0.3 is 0 Å². The Balaban J connectivity index is 1.16. The minimum Gasteiger partial charge on any atom is -0.454 e. The summed E-state index contributed by atoms with van der Waals surface area (Å²) in [6.45, 7) is 4.00. The van der Waals surface area contributed by atoms with Crippen molar-refractivity contribution in [1.29, 1.82) is 0 Å². The van der Waals surface area contributed by atoms with E-state index in [1.807, 2.05) is 17.0 Å². The van der Waals surface area contributed by atoms with Crippen LogP contribution in [0.2, 0.25) is 0 Å². The zero-order chi connectivity index (χ0) is 19.8. The summed E-state index contributed by atoms with van der Waals surface area (Å²) in [4.78, 5) is 28.9. The molecule has 1 aromatic carbocycles. The number of hydrogen-bond acceptors (Lipinski definition) is 6. The molecule has 8 heteroatoms. The monoisotopic (exact) mass is 396 g/mol. The Morgan fingerprint density at radius 1 is 1.03 bits per heavy atom. The second-order valence-corrected chi connectivity index (χ2v) is 7.87. The summed E-state index contributed by atoms with van der Waals surface area (Å²) in [7, 11) is 0. The lowest BCUT2D eigenvalue weighted by molar-refractivity contribution is -0.133. The molecule has 0 spiro atoms. The summed E-state index contributed by atoms with van der Waals surface area (Å²) in [5.74, 6) is 1.99. The van der Waals surface area contributed by atoms with Gasteiger partial charge in [-0.05, 0) is 36.6 Å². The number of nitrogens with zero attached hydrogens (tertiary/aromatic N) is 4. The number of amides is 1. The van der Waals surface area contributed by atoms with Gasteiger partial charge in [-0.1, -0.05) is 6.07 Å². The number of piperazine rings is 1. The fourth-order valence-corrected chi connectivity index (χ4v) is 3.86. The first-order valence-electron chi connectivity index (χ1n) is 10.1. The largest absolute Gasteiger partial charge is 0.454 e. The number of aromatic nitrogens is 2. The Kier molecular flexibility index (Phi) is 4.71. The third kappa shape index (κ3) is 3.98.